The van der Waals surface area contributed by atoms with E-state index < -0.39 is 0 Å². The van der Waals surface area contributed by atoms with Crippen molar-refractivity contribution < 1.29 is 0 Å². The first-order chi connectivity index (χ1) is 13.3. The third kappa shape index (κ3) is 2.79. The van der Waals surface area contributed by atoms with Gasteiger partial charge in [-0.1, -0.05) is 53.0 Å². The zero-order valence-corrected chi connectivity index (χ0v) is 17.0. The van der Waals surface area contributed by atoms with Gasteiger partial charge in [0.1, 0.15) is 0 Å². The first kappa shape index (κ1) is 18.6. The third-order valence-electron chi connectivity index (χ3n) is 4.95. The Morgan fingerprint density at radius 3 is 2.18 bits per heavy atom. The summed E-state index contributed by atoms with van der Waals surface area (Å²) < 4.78 is 4.47. The Labute approximate surface area is 171 Å². The number of halogens is 2. The van der Waals surface area contributed by atoms with E-state index in [1.807, 2.05) is 41.8 Å². The summed E-state index contributed by atoms with van der Waals surface area (Å²) >= 11 is 12.3. The molecule has 4 rings (SSSR count). The fourth-order valence-corrected chi connectivity index (χ4v) is 3.67. The highest BCUT2D eigenvalue weighted by Gasteiger charge is 2.20. The van der Waals surface area contributed by atoms with Crippen molar-refractivity contribution >= 4 is 34.1 Å². The number of fused-ring (bicyclic) bond motifs is 1. The number of aromatic nitrogens is 3. The Bertz CT molecular complexity index is 1350. The number of aryl methyl sites for hydroxylation is 2. The van der Waals surface area contributed by atoms with Crippen molar-refractivity contribution in [1.82, 2.24) is 13.7 Å². The largest absolute Gasteiger partial charge is 0.330 e. The van der Waals surface area contributed by atoms with Crippen LogP contribution in [0.1, 0.15) is 5.56 Å². The predicted molar refractivity (Wildman–Crippen MR) is 114 cm³/mol. The van der Waals surface area contributed by atoms with Gasteiger partial charge in [0.2, 0.25) is 0 Å². The van der Waals surface area contributed by atoms with Gasteiger partial charge in [-0.05, 0) is 30.7 Å². The lowest BCUT2D eigenvalue weighted by Crippen LogP contribution is -2.36. The average Bonchev–Trinajstić information content (AvgIpc) is 3.08. The lowest BCUT2D eigenvalue weighted by molar-refractivity contribution is 0.714. The predicted octanol–water partition coefficient (Wildman–Crippen LogP) is 4.31. The molecule has 7 heteroatoms. The highest BCUT2D eigenvalue weighted by molar-refractivity contribution is 6.42. The molecule has 0 bridgehead atoms. The second-order valence-corrected chi connectivity index (χ2v) is 7.59. The van der Waals surface area contributed by atoms with Crippen LogP contribution in [0.25, 0.3) is 27.8 Å². The van der Waals surface area contributed by atoms with Gasteiger partial charge in [-0.25, -0.2) is 4.79 Å². The fourth-order valence-electron chi connectivity index (χ4n) is 3.37. The minimum Gasteiger partial charge on any atom is -0.314 e. The van der Waals surface area contributed by atoms with Crippen molar-refractivity contribution in [3.8, 4) is 16.9 Å². The summed E-state index contributed by atoms with van der Waals surface area (Å²) in [5.74, 6) is 0. The summed E-state index contributed by atoms with van der Waals surface area (Å²) in [5.41, 5.74) is 3.25. The third-order valence-corrected chi connectivity index (χ3v) is 5.68. The maximum atomic E-state index is 13.0. The van der Waals surface area contributed by atoms with Gasteiger partial charge in [0.25, 0.3) is 5.56 Å². The van der Waals surface area contributed by atoms with E-state index in [4.69, 9.17) is 23.2 Å². The first-order valence-electron chi connectivity index (χ1n) is 8.63. The molecule has 0 N–H and O–H groups in total. The van der Waals surface area contributed by atoms with Crippen LogP contribution < -0.4 is 11.2 Å². The van der Waals surface area contributed by atoms with Gasteiger partial charge in [-0.2, -0.15) is 0 Å². The molecule has 2 heterocycles. The summed E-state index contributed by atoms with van der Waals surface area (Å²) in [7, 11) is 3.14. The van der Waals surface area contributed by atoms with Gasteiger partial charge in [0.05, 0.1) is 26.6 Å². The zero-order chi connectivity index (χ0) is 20.2. The zero-order valence-electron chi connectivity index (χ0n) is 15.5. The molecule has 0 aliphatic heterocycles. The molecule has 0 radical (unpaired) electrons. The minimum atomic E-state index is -0.376. The summed E-state index contributed by atoms with van der Waals surface area (Å²) in [5, 5.41) is 1.33. The van der Waals surface area contributed by atoms with Gasteiger partial charge in [-0.3, -0.25) is 13.9 Å². The van der Waals surface area contributed by atoms with Gasteiger partial charge < -0.3 is 4.57 Å². The quantitative estimate of drug-likeness (QED) is 0.491. The maximum Gasteiger partial charge on any atom is 0.330 e. The van der Waals surface area contributed by atoms with E-state index in [1.165, 1.54) is 11.6 Å². The molecular weight excluding hydrogens is 397 g/mol. The highest BCUT2D eigenvalue weighted by atomic mass is 35.5. The summed E-state index contributed by atoms with van der Waals surface area (Å²) in [4.78, 5) is 25.4. The SMILES string of the molecule is Cc1ccc(-c2c3c(=O)n(C)c(=O)n(C)c3cn2-c2ccc(Cl)c(Cl)c2)cc1. The van der Waals surface area contributed by atoms with E-state index in [2.05, 4.69) is 0 Å². The van der Waals surface area contributed by atoms with Crippen LogP contribution in [-0.2, 0) is 14.1 Å². The van der Waals surface area contributed by atoms with Crippen LogP contribution in [0.4, 0.5) is 0 Å². The molecule has 0 fully saturated rings. The Morgan fingerprint density at radius 1 is 0.857 bits per heavy atom. The lowest BCUT2D eigenvalue weighted by atomic mass is 10.1. The van der Waals surface area contributed by atoms with Crippen LogP contribution >= 0.6 is 23.2 Å². The van der Waals surface area contributed by atoms with Crippen LogP contribution in [0, 0.1) is 6.92 Å². The van der Waals surface area contributed by atoms with E-state index in [0.29, 0.717) is 26.6 Å². The molecule has 0 amide bonds. The Hall–Kier alpha value is -2.76. The van der Waals surface area contributed by atoms with Crippen LogP contribution in [0.2, 0.25) is 10.0 Å². The van der Waals surface area contributed by atoms with Gasteiger partial charge in [0.15, 0.2) is 0 Å². The van der Waals surface area contributed by atoms with Gasteiger partial charge >= 0.3 is 5.69 Å². The topological polar surface area (TPSA) is 48.9 Å². The summed E-state index contributed by atoms with van der Waals surface area (Å²) in [6, 6.07) is 13.2. The fraction of sp³-hybridized carbons (Fsp3) is 0.143. The van der Waals surface area contributed by atoms with E-state index in [0.717, 1.165) is 21.4 Å². The van der Waals surface area contributed by atoms with E-state index >= 15 is 0 Å². The number of hydrogen-bond acceptors (Lipinski definition) is 2. The Morgan fingerprint density at radius 2 is 1.54 bits per heavy atom. The van der Waals surface area contributed by atoms with Gasteiger partial charge in [0, 0.05) is 26.0 Å². The van der Waals surface area contributed by atoms with Gasteiger partial charge in [-0.15, -0.1) is 0 Å². The molecule has 0 saturated heterocycles. The molecule has 0 atom stereocenters. The molecule has 2 aromatic carbocycles. The maximum absolute atomic E-state index is 13.0. The number of benzene rings is 2. The molecule has 0 spiro atoms. The monoisotopic (exact) mass is 413 g/mol. The van der Waals surface area contributed by atoms with Crippen molar-refractivity contribution in [2.75, 3.05) is 0 Å². The van der Waals surface area contributed by atoms with Crippen molar-refractivity contribution in [1.29, 1.82) is 0 Å². The molecule has 4 aromatic rings. The minimum absolute atomic E-state index is 0.340. The summed E-state index contributed by atoms with van der Waals surface area (Å²) in [6.07, 6.45) is 1.78. The average molecular weight is 414 g/mol. The smallest absolute Gasteiger partial charge is 0.314 e. The molecule has 2 aromatic heterocycles. The van der Waals surface area contributed by atoms with Crippen molar-refractivity contribution in [2.45, 2.75) is 6.92 Å². The van der Waals surface area contributed by atoms with Crippen molar-refractivity contribution in [3.05, 3.63) is 85.1 Å². The Kier molecular flexibility index (Phi) is 4.44. The van der Waals surface area contributed by atoms with E-state index in [1.54, 1.807) is 25.4 Å². The van der Waals surface area contributed by atoms with E-state index in [9.17, 15) is 9.59 Å². The Balaban J connectivity index is 2.19. The molecular formula is C21H17Cl2N3O2. The number of nitrogens with zero attached hydrogens (tertiary/aromatic N) is 3. The summed E-state index contributed by atoms with van der Waals surface area (Å²) in [6.45, 7) is 2.00. The molecule has 0 saturated carbocycles. The van der Waals surface area contributed by atoms with Crippen LogP contribution in [0.15, 0.2) is 58.3 Å². The van der Waals surface area contributed by atoms with Crippen LogP contribution in [-0.4, -0.2) is 13.7 Å². The van der Waals surface area contributed by atoms with E-state index in [-0.39, 0.29) is 11.2 Å². The second-order valence-electron chi connectivity index (χ2n) is 6.78. The molecule has 0 aliphatic carbocycles. The number of rotatable bonds is 2. The normalized spacial score (nSPS) is 11.3. The second kappa shape index (κ2) is 6.69. The molecule has 0 aliphatic rings. The number of hydrogen-bond donors (Lipinski definition) is 0. The first-order valence-corrected chi connectivity index (χ1v) is 9.38. The molecule has 142 valence electrons. The molecule has 5 nitrogen and oxygen atoms in total. The highest BCUT2D eigenvalue weighted by Crippen LogP contribution is 2.33. The lowest BCUT2D eigenvalue weighted by Gasteiger charge is -2.11. The van der Waals surface area contributed by atoms with Crippen molar-refractivity contribution in [3.63, 3.8) is 0 Å². The van der Waals surface area contributed by atoms with Crippen molar-refractivity contribution in [2.24, 2.45) is 14.1 Å². The molecule has 0 unspecified atom stereocenters. The van der Waals surface area contributed by atoms with Crippen LogP contribution in [0.5, 0.6) is 0 Å². The van der Waals surface area contributed by atoms with Crippen LogP contribution in [0.3, 0.4) is 0 Å². The standard InChI is InChI=1S/C21H17Cl2N3O2/c1-12-4-6-13(7-5-12)19-18-17(24(2)21(28)25(3)20(18)27)11-26(19)14-8-9-15(22)16(23)10-14/h4-11H,1-3H3. The molecule has 28 heavy (non-hydrogen) atoms.